The van der Waals surface area contributed by atoms with Crippen molar-refractivity contribution in [2.24, 2.45) is 0 Å². The summed E-state index contributed by atoms with van der Waals surface area (Å²) in [6.45, 7) is 8.68. The van der Waals surface area contributed by atoms with Crippen LogP contribution in [0.15, 0.2) is 48.8 Å². The Balaban J connectivity index is 2.02. The Morgan fingerprint density at radius 1 is 1.11 bits per heavy atom. The number of hydrogen-bond acceptors (Lipinski definition) is 3. The van der Waals surface area contributed by atoms with Gasteiger partial charge in [-0.2, -0.15) is 5.10 Å². The van der Waals surface area contributed by atoms with E-state index in [0.29, 0.717) is 17.1 Å². The van der Waals surface area contributed by atoms with Crippen molar-refractivity contribution in [2.75, 3.05) is 0 Å². The molecule has 0 aliphatic carbocycles. The molecule has 1 aromatic carbocycles. The molecule has 5 nitrogen and oxygen atoms in total. The number of hydrogen-bond donors (Lipinski definition) is 1. The van der Waals surface area contributed by atoms with E-state index < -0.39 is 0 Å². The molecule has 1 amide bonds. The van der Waals surface area contributed by atoms with E-state index in [0.717, 1.165) is 22.6 Å². The minimum absolute atomic E-state index is 0.114. The van der Waals surface area contributed by atoms with Gasteiger partial charge in [-0.25, -0.2) is 4.68 Å². The van der Waals surface area contributed by atoms with Gasteiger partial charge in [-0.3, -0.25) is 9.78 Å². The van der Waals surface area contributed by atoms with Crippen molar-refractivity contribution in [1.29, 1.82) is 0 Å². The summed E-state index contributed by atoms with van der Waals surface area (Å²) in [5, 5.41) is 8.50. The summed E-state index contributed by atoms with van der Waals surface area (Å²) in [5.41, 5.74) is 4.19. The fourth-order valence-corrected chi connectivity index (χ4v) is 3.30. The third kappa shape index (κ3) is 4.25. The van der Waals surface area contributed by atoms with Crippen molar-refractivity contribution in [3.8, 4) is 5.69 Å². The van der Waals surface area contributed by atoms with Gasteiger partial charge in [-0.1, -0.05) is 45.4 Å². The highest BCUT2D eigenvalue weighted by molar-refractivity contribution is 6.30. The number of nitrogens with one attached hydrogen (secondary N) is 1. The second-order valence-corrected chi connectivity index (χ2v) is 7.82. The molecular formula is C22H25ClN4O. The molecule has 0 aliphatic heterocycles. The molecule has 0 unspecified atom stereocenters. The van der Waals surface area contributed by atoms with Gasteiger partial charge in [-0.15, -0.1) is 0 Å². The van der Waals surface area contributed by atoms with Gasteiger partial charge in [0.15, 0.2) is 0 Å². The second kappa shape index (κ2) is 8.57. The first-order valence-electron chi connectivity index (χ1n) is 9.44. The summed E-state index contributed by atoms with van der Waals surface area (Å²) in [6, 6.07) is 11.3. The minimum atomic E-state index is -0.114. The number of carbonyl (C=O) groups excluding carboxylic acids is 1. The molecule has 0 saturated carbocycles. The van der Waals surface area contributed by atoms with Crippen LogP contribution in [-0.4, -0.2) is 20.7 Å². The van der Waals surface area contributed by atoms with Crippen molar-refractivity contribution < 1.29 is 4.79 Å². The van der Waals surface area contributed by atoms with Crippen LogP contribution in [0.3, 0.4) is 0 Å². The van der Waals surface area contributed by atoms with Crippen LogP contribution in [0.1, 0.15) is 66.8 Å². The van der Waals surface area contributed by atoms with Crippen molar-refractivity contribution in [1.82, 2.24) is 20.1 Å². The molecule has 146 valence electrons. The molecule has 2 aromatic heterocycles. The SMILES string of the molecule is CC(C)c1nn(-c2ccc(Cl)cc2)c(C(C)C)c1C(=O)NCc1cccnc1. The lowest BCUT2D eigenvalue weighted by Crippen LogP contribution is -2.25. The van der Waals surface area contributed by atoms with Gasteiger partial charge in [0.25, 0.3) is 5.91 Å². The molecule has 6 heteroatoms. The number of aromatic nitrogens is 3. The molecule has 3 rings (SSSR count). The van der Waals surface area contributed by atoms with Crippen LogP contribution < -0.4 is 5.32 Å². The maximum atomic E-state index is 13.2. The fourth-order valence-electron chi connectivity index (χ4n) is 3.17. The van der Waals surface area contributed by atoms with E-state index >= 15 is 0 Å². The lowest BCUT2D eigenvalue weighted by atomic mass is 9.98. The standard InChI is InChI=1S/C22H25ClN4O/c1-14(2)20-19(22(28)25-13-16-6-5-11-24-12-16)21(15(3)4)27(26-20)18-9-7-17(23)8-10-18/h5-12,14-15H,13H2,1-4H3,(H,25,28). The van der Waals surface area contributed by atoms with Gasteiger partial charge in [0.2, 0.25) is 0 Å². The third-order valence-electron chi connectivity index (χ3n) is 4.52. The zero-order valence-corrected chi connectivity index (χ0v) is 17.4. The van der Waals surface area contributed by atoms with Gasteiger partial charge >= 0.3 is 0 Å². The molecule has 28 heavy (non-hydrogen) atoms. The lowest BCUT2D eigenvalue weighted by Gasteiger charge is -2.13. The summed E-state index contributed by atoms with van der Waals surface area (Å²) in [5.74, 6) is 0.122. The van der Waals surface area contributed by atoms with Crippen LogP contribution in [-0.2, 0) is 6.54 Å². The molecule has 0 fully saturated rings. The van der Waals surface area contributed by atoms with Crippen molar-refractivity contribution in [3.63, 3.8) is 0 Å². The van der Waals surface area contributed by atoms with Gasteiger partial charge in [0.1, 0.15) is 0 Å². The van der Waals surface area contributed by atoms with Crippen LogP contribution in [0, 0.1) is 0 Å². The summed E-state index contributed by atoms with van der Waals surface area (Å²) in [4.78, 5) is 17.3. The highest BCUT2D eigenvalue weighted by Crippen LogP contribution is 2.30. The summed E-state index contributed by atoms with van der Waals surface area (Å²) >= 11 is 6.04. The molecule has 0 spiro atoms. The normalized spacial score (nSPS) is 11.2. The monoisotopic (exact) mass is 396 g/mol. The van der Waals surface area contributed by atoms with E-state index in [1.165, 1.54) is 0 Å². The van der Waals surface area contributed by atoms with Crippen LogP contribution in [0.25, 0.3) is 5.69 Å². The molecule has 0 bridgehead atoms. The number of nitrogens with zero attached hydrogens (tertiary/aromatic N) is 3. The maximum absolute atomic E-state index is 13.2. The topological polar surface area (TPSA) is 59.8 Å². The molecule has 0 radical (unpaired) electrons. The number of rotatable bonds is 6. The molecule has 0 saturated heterocycles. The lowest BCUT2D eigenvalue weighted by molar-refractivity contribution is 0.0948. The number of amides is 1. The smallest absolute Gasteiger partial charge is 0.255 e. The fraction of sp³-hybridized carbons (Fsp3) is 0.318. The predicted molar refractivity (Wildman–Crippen MR) is 112 cm³/mol. The Labute approximate surface area is 170 Å². The Kier molecular flexibility index (Phi) is 6.15. The third-order valence-corrected chi connectivity index (χ3v) is 4.77. The Morgan fingerprint density at radius 3 is 2.39 bits per heavy atom. The summed E-state index contributed by atoms with van der Waals surface area (Å²) < 4.78 is 1.87. The van der Waals surface area contributed by atoms with Gasteiger partial charge in [-0.05, 0) is 47.7 Å². The zero-order chi connectivity index (χ0) is 20.3. The van der Waals surface area contributed by atoms with E-state index in [1.807, 2.05) is 41.1 Å². The van der Waals surface area contributed by atoms with E-state index in [1.54, 1.807) is 12.4 Å². The van der Waals surface area contributed by atoms with E-state index in [2.05, 4.69) is 38.0 Å². The predicted octanol–water partition coefficient (Wildman–Crippen LogP) is 5.10. The minimum Gasteiger partial charge on any atom is -0.348 e. The number of benzene rings is 1. The molecule has 0 atom stereocenters. The summed E-state index contributed by atoms with van der Waals surface area (Å²) in [7, 11) is 0. The second-order valence-electron chi connectivity index (χ2n) is 7.39. The van der Waals surface area contributed by atoms with E-state index in [4.69, 9.17) is 16.7 Å². The highest BCUT2D eigenvalue weighted by Gasteiger charge is 2.27. The van der Waals surface area contributed by atoms with Crippen molar-refractivity contribution in [3.05, 3.63) is 76.3 Å². The zero-order valence-electron chi connectivity index (χ0n) is 16.6. The van der Waals surface area contributed by atoms with Crippen LogP contribution in [0.4, 0.5) is 0 Å². The molecule has 1 N–H and O–H groups in total. The molecule has 0 aliphatic rings. The van der Waals surface area contributed by atoms with Gasteiger partial charge in [0, 0.05) is 24.0 Å². The van der Waals surface area contributed by atoms with Crippen molar-refractivity contribution in [2.45, 2.75) is 46.1 Å². The van der Waals surface area contributed by atoms with Crippen LogP contribution >= 0.6 is 11.6 Å². The van der Waals surface area contributed by atoms with Crippen LogP contribution in [0.2, 0.25) is 5.02 Å². The average molecular weight is 397 g/mol. The van der Waals surface area contributed by atoms with Gasteiger partial charge in [0.05, 0.1) is 22.6 Å². The largest absolute Gasteiger partial charge is 0.348 e. The Bertz CT molecular complexity index is 947. The highest BCUT2D eigenvalue weighted by atomic mass is 35.5. The van der Waals surface area contributed by atoms with Gasteiger partial charge < -0.3 is 5.32 Å². The van der Waals surface area contributed by atoms with Crippen LogP contribution in [0.5, 0.6) is 0 Å². The number of carbonyl (C=O) groups is 1. The first-order chi connectivity index (χ1) is 13.4. The Hall–Kier alpha value is -2.66. The van der Waals surface area contributed by atoms with E-state index in [-0.39, 0.29) is 17.7 Å². The first-order valence-corrected chi connectivity index (χ1v) is 9.82. The quantitative estimate of drug-likeness (QED) is 0.630. The summed E-state index contributed by atoms with van der Waals surface area (Å²) in [6.07, 6.45) is 3.47. The number of halogens is 1. The molecule has 3 aromatic rings. The number of pyridine rings is 1. The maximum Gasteiger partial charge on any atom is 0.255 e. The van der Waals surface area contributed by atoms with Crippen molar-refractivity contribution >= 4 is 17.5 Å². The first kappa shape index (κ1) is 20.1. The average Bonchev–Trinajstić information content (AvgIpc) is 3.09. The molecule has 2 heterocycles. The molecular weight excluding hydrogens is 372 g/mol. The Morgan fingerprint density at radius 2 is 1.82 bits per heavy atom. The van der Waals surface area contributed by atoms with E-state index in [9.17, 15) is 4.79 Å².